The molecule has 0 heterocycles. The molecule has 0 spiro atoms. The number of nitrogens with zero attached hydrogens (tertiary/aromatic N) is 1. The molecular weight excluding hydrogens is 504 g/mol. The third-order valence-electron chi connectivity index (χ3n) is 4.95. The molecule has 0 radical (unpaired) electrons. The monoisotopic (exact) mass is 525 g/mol. The molecule has 0 unspecified atom stereocenters. The topological polar surface area (TPSA) is 72.9 Å². The Hall–Kier alpha value is -2.81. The number of amides is 1. The number of halogens is 3. The zero-order chi connectivity index (χ0) is 25.0. The van der Waals surface area contributed by atoms with Gasteiger partial charge in [-0.1, -0.05) is 41.4 Å². The minimum atomic E-state index is -4.26. The molecule has 0 aliphatic heterocycles. The molecule has 0 N–H and O–H groups in total. The second-order valence-corrected chi connectivity index (χ2v) is 9.97. The van der Waals surface area contributed by atoms with Crippen LogP contribution in [0.4, 0.5) is 4.39 Å². The molecule has 1 amide bonds. The number of carbonyl (C=O) groups excluding carboxylic acids is 1. The van der Waals surface area contributed by atoms with Crippen molar-refractivity contribution in [3.8, 4) is 11.5 Å². The van der Waals surface area contributed by atoms with Crippen LogP contribution < -0.4 is 8.92 Å². The van der Waals surface area contributed by atoms with E-state index in [1.807, 2.05) is 0 Å². The minimum Gasteiger partial charge on any atom is -0.493 e. The summed E-state index contributed by atoms with van der Waals surface area (Å²) in [5, 5.41) is 0.264. The van der Waals surface area contributed by atoms with Gasteiger partial charge in [-0.15, -0.1) is 0 Å². The van der Waals surface area contributed by atoms with Crippen molar-refractivity contribution >= 4 is 39.2 Å². The van der Waals surface area contributed by atoms with Crippen LogP contribution in [0.25, 0.3) is 0 Å². The standard InChI is InChI=1S/C24H22Cl2FNO5S/c1-15(2)28(24(29)18-6-4-5-7-21(18)27)14-16-8-11-22(32-3)23(12-16)33-34(30,31)17-9-10-19(25)20(26)13-17/h4-13,15H,14H2,1-3H3. The largest absolute Gasteiger partial charge is 0.493 e. The lowest BCUT2D eigenvalue weighted by Gasteiger charge is -2.27. The summed E-state index contributed by atoms with van der Waals surface area (Å²) in [6.45, 7) is 3.68. The Morgan fingerprint density at radius 1 is 1.00 bits per heavy atom. The lowest BCUT2D eigenvalue weighted by Crippen LogP contribution is -2.36. The molecular formula is C24H22Cl2FNO5S. The maximum Gasteiger partial charge on any atom is 0.339 e. The molecule has 180 valence electrons. The van der Waals surface area contributed by atoms with Gasteiger partial charge in [0, 0.05) is 12.6 Å². The van der Waals surface area contributed by atoms with Crippen LogP contribution in [-0.4, -0.2) is 32.4 Å². The molecule has 0 fully saturated rings. The number of rotatable bonds is 8. The van der Waals surface area contributed by atoms with Crippen molar-refractivity contribution in [1.29, 1.82) is 0 Å². The van der Waals surface area contributed by atoms with E-state index in [-0.39, 0.29) is 44.6 Å². The molecule has 0 aliphatic rings. The lowest BCUT2D eigenvalue weighted by molar-refractivity contribution is 0.0685. The van der Waals surface area contributed by atoms with Gasteiger partial charge in [0.05, 0.1) is 22.7 Å². The smallest absolute Gasteiger partial charge is 0.339 e. The van der Waals surface area contributed by atoms with Crippen LogP contribution in [-0.2, 0) is 16.7 Å². The van der Waals surface area contributed by atoms with Crippen molar-refractivity contribution < 1.29 is 26.5 Å². The van der Waals surface area contributed by atoms with Crippen LogP contribution in [0.3, 0.4) is 0 Å². The molecule has 6 nitrogen and oxygen atoms in total. The number of benzene rings is 3. The van der Waals surface area contributed by atoms with Gasteiger partial charge in [0.1, 0.15) is 10.7 Å². The predicted octanol–water partition coefficient (Wildman–Crippen LogP) is 5.96. The summed E-state index contributed by atoms with van der Waals surface area (Å²) >= 11 is 11.8. The fourth-order valence-electron chi connectivity index (χ4n) is 3.16. The molecule has 0 atom stereocenters. The predicted molar refractivity (Wildman–Crippen MR) is 129 cm³/mol. The summed E-state index contributed by atoms with van der Waals surface area (Å²) in [7, 11) is -2.89. The maximum absolute atomic E-state index is 14.2. The van der Waals surface area contributed by atoms with Crippen molar-refractivity contribution in [2.24, 2.45) is 0 Å². The number of methoxy groups -OCH3 is 1. The average molecular weight is 526 g/mol. The van der Waals surface area contributed by atoms with E-state index in [1.54, 1.807) is 26.0 Å². The van der Waals surface area contributed by atoms with Gasteiger partial charge in [-0.2, -0.15) is 8.42 Å². The van der Waals surface area contributed by atoms with Gasteiger partial charge in [-0.25, -0.2) is 4.39 Å². The van der Waals surface area contributed by atoms with Gasteiger partial charge in [-0.05, 0) is 61.9 Å². The number of hydrogen-bond acceptors (Lipinski definition) is 5. The fraction of sp³-hybridized carbons (Fsp3) is 0.208. The molecule has 0 bridgehead atoms. The lowest BCUT2D eigenvalue weighted by atomic mass is 10.1. The zero-order valence-corrected chi connectivity index (χ0v) is 20.9. The van der Waals surface area contributed by atoms with Crippen molar-refractivity contribution in [1.82, 2.24) is 4.90 Å². The van der Waals surface area contributed by atoms with Crippen LogP contribution in [0, 0.1) is 5.82 Å². The molecule has 10 heteroatoms. The highest BCUT2D eigenvalue weighted by atomic mass is 35.5. The van der Waals surface area contributed by atoms with E-state index >= 15 is 0 Å². The van der Waals surface area contributed by atoms with Crippen molar-refractivity contribution in [2.75, 3.05) is 7.11 Å². The SMILES string of the molecule is COc1ccc(CN(C(=O)c2ccccc2F)C(C)C)cc1OS(=O)(=O)c1ccc(Cl)c(Cl)c1. The van der Waals surface area contributed by atoms with Crippen LogP contribution >= 0.6 is 23.2 Å². The highest BCUT2D eigenvalue weighted by molar-refractivity contribution is 7.87. The highest BCUT2D eigenvalue weighted by Gasteiger charge is 2.24. The quantitative estimate of drug-likeness (QED) is 0.339. The average Bonchev–Trinajstić information content (AvgIpc) is 2.79. The third kappa shape index (κ3) is 5.81. The van der Waals surface area contributed by atoms with E-state index < -0.39 is 21.8 Å². The maximum atomic E-state index is 14.2. The molecule has 3 rings (SSSR count). The summed E-state index contributed by atoms with van der Waals surface area (Å²) in [4.78, 5) is 14.3. The van der Waals surface area contributed by atoms with Crippen LogP contribution in [0.1, 0.15) is 29.8 Å². The van der Waals surface area contributed by atoms with Gasteiger partial charge < -0.3 is 13.8 Å². The second-order valence-electron chi connectivity index (χ2n) is 7.61. The van der Waals surface area contributed by atoms with Gasteiger partial charge in [-0.3, -0.25) is 4.79 Å². The Morgan fingerprint density at radius 3 is 2.32 bits per heavy atom. The molecule has 0 aromatic heterocycles. The Balaban J connectivity index is 1.92. The summed E-state index contributed by atoms with van der Waals surface area (Å²) in [6.07, 6.45) is 0. The third-order valence-corrected chi connectivity index (χ3v) is 6.92. The Kier molecular flexibility index (Phi) is 8.07. The van der Waals surface area contributed by atoms with Gasteiger partial charge in [0.15, 0.2) is 11.5 Å². The summed E-state index contributed by atoms with van der Waals surface area (Å²) in [6, 6.07) is 13.9. The van der Waals surface area contributed by atoms with E-state index in [9.17, 15) is 17.6 Å². The second kappa shape index (κ2) is 10.6. The van der Waals surface area contributed by atoms with E-state index in [2.05, 4.69) is 0 Å². The first-order valence-electron chi connectivity index (χ1n) is 10.2. The first-order valence-corrected chi connectivity index (χ1v) is 12.3. The molecule has 0 aliphatic carbocycles. The first-order chi connectivity index (χ1) is 16.0. The van der Waals surface area contributed by atoms with Crippen LogP contribution in [0.15, 0.2) is 65.6 Å². The van der Waals surface area contributed by atoms with Crippen molar-refractivity contribution in [3.63, 3.8) is 0 Å². The first kappa shape index (κ1) is 25.8. The van der Waals surface area contributed by atoms with E-state index in [0.29, 0.717) is 5.56 Å². The minimum absolute atomic E-state index is 0.0524. The summed E-state index contributed by atoms with van der Waals surface area (Å²) in [5.41, 5.74) is 0.502. The molecule has 3 aromatic rings. The zero-order valence-electron chi connectivity index (χ0n) is 18.6. The number of carbonyl (C=O) groups is 1. The Bertz CT molecular complexity index is 1310. The van der Waals surface area contributed by atoms with Gasteiger partial charge in [0.25, 0.3) is 5.91 Å². The fourth-order valence-corrected chi connectivity index (χ4v) is 4.48. The number of hydrogen-bond donors (Lipinski definition) is 0. The van der Waals surface area contributed by atoms with E-state index in [1.165, 1.54) is 60.5 Å². The van der Waals surface area contributed by atoms with E-state index in [4.69, 9.17) is 32.1 Å². The van der Waals surface area contributed by atoms with Crippen LogP contribution in [0.2, 0.25) is 10.0 Å². The van der Waals surface area contributed by atoms with Crippen molar-refractivity contribution in [3.05, 3.63) is 87.7 Å². The molecule has 3 aromatic carbocycles. The normalized spacial score (nSPS) is 11.4. The highest BCUT2D eigenvalue weighted by Crippen LogP contribution is 2.33. The van der Waals surface area contributed by atoms with E-state index in [0.717, 1.165) is 0 Å². The Morgan fingerprint density at radius 2 is 1.71 bits per heavy atom. The van der Waals surface area contributed by atoms with Crippen molar-refractivity contribution in [2.45, 2.75) is 31.3 Å². The summed E-state index contributed by atoms with van der Waals surface area (Å²) < 4.78 is 50.4. The molecule has 0 saturated carbocycles. The summed E-state index contributed by atoms with van der Waals surface area (Å²) in [5.74, 6) is -1.02. The van der Waals surface area contributed by atoms with Crippen LogP contribution in [0.5, 0.6) is 11.5 Å². The van der Waals surface area contributed by atoms with Gasteiger partial charge in [0.2, 0.25) is 0 Å². The molecule has 34 heavy (non-hydrogen) atoms. The van der Waals surface area contributed by atoms with Gasteiger partial charge >= 0.3 is 10.1 Å². The number of ether oxygens (including phenoxy) is 1. The Labute approximate surface area is 207 Å². The molecule has 0 saturated heterocycles.